The van der Waals surface area contributed by atoms with Gasteiger partial charge in [0.15, 0.2) is 11.7 Å². The van der Waals surface area contributed by atoms with Gasteiger partial charge < -0.3 is 4.74 Å². The third-order valence-corrected chi connectivity index (χ3v) is 5.60. The van der Waals surface area contributed by atoms with E-state index in [0.29, 0.717) is 11.3 Å². The highest BCUT2D eigenvalue weighted by atomic mass is 79.9. The number of ether oxygens (including phenoxy) is 1. The summed E-state index contributed by atoms with van der Waals surface area (Å²) in [6, 6.07) is 15.1. The average molecular weight is 581 g/mol. The number of carbonyl (C=O) groups excluding carboxylic acids is 2. The monoisotopic (exact) mass is 579 g/mol. The molecule has 3 aromatic carbocycles. The fourth-order valence-electron chi connectivity index (χ4n) is 2.59. The highest BCUT2D eigenvalue weighted by molar-refractivity contribution is 9.11. The summed E-state index contributed by atoms with van der Waals surface area (Å²) in [7, 11) is 0. The molecule has 3 N–H and O–H groups in total. The first kappa shape index (κ1) is 23.8. The van der Waals surface area contributed by atoms with Crippen LogP contribution in [0.1, 0.15) is 5.56 Å². The fourth-order valence-corrected chi connectivity index (χ4v) is 3.73. The van der Waals surface area contributed by atoms with E-state index < -0.39 is 11.8 Å². The molecule has 0 heterocycles. The molecule has 0 unspecified atom stereocenters. The van der Waals surface area contributed by atoms with Crippen molar-refractivity contribution < 1.29 is 18.7 Å². The van der Waals surface area contributed by atoms with Crippen LogP contribution in [0.25, 0.3) is 16.8 Å². The molecule has 3 aromatic rings. The van der Waals surface area contributed by atoms with Crippen LogP contribution in [0.2, 0.25) is 0 Å². The van der Waals surface area contributed by atoms with E-state index in [1.807, 2.05) is 24.3 Å². The van der Waals surface area contributed by atoms with Crippen molar-refractivity contribution in [1.29, 1.82) is 0 Å². The molecule has 0 spiro atoms. The highest BCUT2D eigenvalue weighted by Crippen LogP contribution is 2.34. The minimum Gasteiger partial charge on any atom is -0.483 e. The van der Waals surface area contributed by atoms with E-state index in [0.717, 1.165) is 19.7 Å². The maximum absolute atomic E-state index is 12.9. The van der Waals surface area contributed by atoms with E-state index >= 15 is 0 Å². The molecular formula is C22H16Br2FN3O3S. The van der Waals surface area contributed by atoms with E-state index in [1.54, 1.807) is 6.07 Å². The molecule has 0 radical (unpaired) electrons. The summed E-state index contributed by atoms with van der Waals surface area (Å²) in [6.07, 6.45) is 2.74. The molecule has 0 bridgehead atoms. The summed E-state index contributed by atoms with van der Waals surface area (Å²) in [5.41, 5.74) is 5.42. The minimum absolute atomic E-state index is 0.0930. The average Bonchev–Trinajstić information content (AvgIpc) is 2.77. The standard InChI is InChI=1S/C22H16Br2FN3O3S/c23-15-5-8-17-14(11-15)4-9-18(21(17)24)31-12-20(30)27-28-22(32)26-19(29)10-3-13-1-6-16(25)7-2-13/h1-11H,12H2,(H,27,30)(H2,26,28,29,32)/b10-3+. The molecule has 0 aliphatic rings. The predicted molar refractivity (Wildman–Crippen MR) is 132 cm³/mol. The summed E-state index contributed by atoms with van der Waals surface area (Å²) in [5, 5.41) is 4.24. The lowest BCUT2D eigenvalue weighted by Gasteiger charge is -2.12. The van der Waals surface area contributed by atoms with Crippen molar-refractivity contribution >= 4 is 77.9 Å². The van der Waals surface area contributed by atoms with Crippen LogP contribution in [-0.4, -0.2) is 23.5 Å². The number of thiocarbonyl (C=S) groups is 1. The van der Waals surface area contributed by atoms with Gasteiger partial charge in [-0.05, 0) is 80.9 Å². The van der Waals surface area contributed by atoms with Crippen molar-refractivity contribution in [2.24, 2.45) is 0 Å². The quantitative estimate of drug-likeness (QED) is 0.233. The number of rotatable bonds is 5. The Morgan fingerprint density at radius 2 is 1.78 bits per heavy atom. The SMILES string of the molecule is O=C(/C=C/c1ccc(F)cc1)NC(=S)NNC(=O)COc1ccc2cc(Br)ccc2c1Br. The first-order valence-electron chi connectivity index (χ1n) is 9.16. The van der Waals surface area contributed by atoms with Crippen LogP contribution in [0.15, 0.2) is 69.6 Å². The Morgan fingerprint density at radius 1 is 1.03 bits per heavy atom. The van der Waals surface area contributed by atoms with Crippen LogP contribution in [0, 0.1) is 5.82 Å². The smallest absolute Gasteiger partial charge is 0.276 e. The first-order valence-corrected chi connectivity index (χ1v) is 11.2. The normalized spacial score (nSPS) is 10.7. The van der Waals surface area contributed by atoms with Gasteiger partial charge in [0.25, 0.3) is 5.91 Å². The topological polar surface area (TPSA) is 79.5 Å². The van der Waals surface area contributed by atoms with Gasteiger partial charge in [-0.15, -0.1) is 0 Å². The Hall–Kier alpha value is -2.82. The zero-order valence-corrected chi connectivity index (χ0v) is 20.3. The van der Waals surface area contributed by atoms with Crippen LogP contribution in [0.4, 0.5) is 4.39 Å². The number of fused-ring (bicyclic) bond motifs is 1. The zero-order chi connectivity index (χ0) is 23.1. The predicted octanol–water partition coefficient (Wildman–Crippen LogP) is 4.62. The van der Waals surface area contributed by atoms with Crippen LogP contribution < -0.4 is 20.9 Å². The number of halogens is 3. The molecular weight excluding hydrogens is 565 g/mol. The number of hydrogen-bond acceptors (Lipinski definition) is 4. The van der Waals surface area contributed by atoms with Crippen LogP contribution in [-0.2, 0) is 9.59 Å². The van der Waals surface area contributed by atoms with Gasteiger partial charge in [0.2, 0.25) is 5.91 Å². The van der Waals surface area contributed by atoms with Crippen molar-refractivity contribution in [3.05, 3.63) is 81.0 Å². The molecule has 0 fully saturated rings. The number of benzene rings is 3. The van der Waals surface area contributed by atoms with Crippen LogP contribution >= 0.6 is 44.1 Å². The molecule has 0 saturated heterocycles. The van der Waals surface area contributed by atoms with Gasteiger partial charge in [-0.1, -0.05) is 40.2 Å². The summed E-state index contributed by atoms with van der Waals surface area (Å²) in [4.78, 5) is 23.9. The third-order valence-electron chi connectivity index (χ3n) is 4.09. The van der Waals surface area contributed by atoms with Gasteiger partial charge >= 0.3 is 0 Å². The van der Waals surface area contributed by atoms with Gasteiger partial charge in [-0.3, -0.25) is 25.8 Å². The van der Waals surface area contributed by atoms with Gasteiger partial charge in [0.1, 0.15) is 11.6 Å². The first-order chi connectivity index (χ1) is 15.3. The number of carbonyl (C=O) groups is 2. The van der Waals surface area contributed by atoms with E-state index in [2.05, 4.69) is 48.0 Å². The summed E-state index contributed by atoms with van der Waals surface area (Å²) in [5.74, 6) is -0.856. The fraction of sp³-hybridized carbons (Fsp3) is 0.0455. The second-order valence-electron chi connectivity index (χ2n) is 6.41. The maximum atomic E-state index is 12.9. The molecule has 164 valence electrons. The van der Waals surface area contributed by atoms with E-state index in [9.17, 15) is 14.0 Å². The number of amides is 2. The van der Waals surface area contributed by atoms with Gasteiger partial charge in [-0.2, -0.15) is 0 Å². The second kappa shape index (κ2) is 11.2. The molecule has 3 rings (SSSR count). The van der Waals surface area contributed by atoms with Crippen molar-refractivity contribution in [3.8, 4) is 5.75 Å². The lowest BCUT2D eigenvalue weighted by molar-refractivity contribution is -0.123. The minimum atomic E-state index is -0.510. The van der Waals surface area contributed by atoms with E-state index in [-0.39, 0.29) is 17.5 Å². The van der Waals surface area contributed by atoms with Gasteiger partial charge in [0.05, 0.1) is 4.47 Å². The maximum Gasteiger partial charge on any atom is 0.276 e. The van der Waals surface area contributed by atoms with E-state index in [4.69, 9.17) is 17.0 Å². The van der Waals surface area contributed by atoms with Gasteiger partial charge in [-0.25, -0.2) is 4.39 Å². The molecule has 2 amide bonds. The molecule has 0 aromatic heterocycles. The largest absolute Gasteiger partial charge is 0.483 e. The summed E-state index contributed by atoms with van der Waals surface area (Å²) >= 11 is 11.9. The summed E-state index contributed by atoms with van der Waals surface area (Å²) in [6.45, 7) is -0.269. The second-order valence-corrected chi connectivity index (χ2v) is 8.53. The molecule has 6 nitrogen and oxygen atoms in total. The Kier molecular flexibility index (Phi) is 8.32. The number of nitrogens with one attached hydrogen (secondary N) is 3. The lowest BCUT2D eigenvalue weighted by Crippen LogP contribution is -2.49. The van der Waals surface area contributed by atoms with Gasteiger partial charge in [0, 0.05) is 10.5 Å². The third kappa shape index (κ3) is 6.84. The molecule has 0 aliphatic heterocycles. The van der Waals surface area contributed by atoms with Crippen LogP contribution in [0.5, 0.6) is 5.75 Å². The number of hydrogen-bond donors (Lipinski definition) is 3. The molecule has 10 heteroatoms. The van der Waals surface area contributed by atoms with Crippen molar-refractivity contribution in [2.75, 3.05) is 6.61 Å². The van der Waals surface area contributed by atoms with Crippen LogP contribution in [0.3, 0.4) is 0 Å². The Bertz CT molecular complexity index is 1200. The molecule has 0 atom stereocenters. The molecule has 0 saturated carbocycles. The summed E-state index contributed by atoms with van der Waals surface area (Å²) < 4.78 is 20.1. The van der Waals surface area contributed by atoms with Crippen molar-refractivity contribution in [3.63, 3.8) is 0 Å². The van der Waals surface area contributed by atoms with E-state index in [1.165, 1.54) is 36.4 Å². The Morgan fingerprint density at radius 3 is 2.53 bits per heavy atom. The van der Waals surface area contributed by atoms with Crippen molar-refractivity contribution in [1.82, 2.24) is 16.2 Å². The molecule has 0 aliphatic carbocycles. The lowest BCUT2D eigenvalue weighted by atomic mass is 10.1. The molecule has 32 heavy (non-hydrogen) atoms. The number of hydrazine groups is 1. The van der Waals surface area contributed by atoms with Crippen molar-refractivity contribution in [2.45, 2.75) is 0 Å². The highest BCUT2D eigenvalue weighted by Gasteiger charge is 2.10. The zero-order valence-electron chi connectivity index (χ0n) is 16.3. The Labute approximate surface area is 205 Å². The Balaban J connectivity index is 1.44.